The number of hydrogen-bond acceptors (Lipinski definition) is 4. The molecule has 0 aliphatic carbocycles. The highest BCUT2D eigenvalue weighted by molar-refractivity contribution is 5.82. The van der Waals surface area contributed by atoms with Crippen LogP contribution in [-0.2, 0) is 24.3 Å². The molecule has 0 fully saturated rings. The highest BCUT2D eigenvalue weighted by Gasteiger charge is 2.30. The second-order valence-corrected chi connectivity index (χ2v) is 6.89. The third-order valence-electron chi connectivity index (χ3n) is 5.03. The highest BCUT2D eigenvalue weighted by Crippen LogP contribution is 2.27. The summed E-state index contributed by atoms with van der Waals surface area (Å²) in [6.45, 7) is 3.04. The molecule has 0 bridgehead atoms. The van der Waals surface area contributed by atoms with Crippen LogP contribution in [0.2, 0.25) is 0 Å². The second kappa shape index (κ2) is 6.42. The zero-order valence-electron chi connectivity index (χ0n) is 14.6. The largest absolute Gasteiger partial charge is 0.423 e. The first-order valence-corrected chi connectivity index (χ1v) is 8.65. The van der Waals surface area contributed by atoms with Crippen molar-refractivity contribution in [2.24, 2.45) is 5.73 Å². The number of hydrogen-bond donors (Lipinski definition) is 1. The monoisotopic (exact) mass is 348 g/mol. The van der Waals surface area contributed by atoms with E-state index in [4.69, 9.17) is 10.2 Å². The fourth-order valence-electron chi connectivity index (χ4n) is 3.71. The van der Waals surface area contributed by atoms with Gasteiger partial charge in [0.15, 0.2) is 0 Å². The van der Waals surface area contributed by atoms with E-state index in [1.165, 1.54) is 11.6 Å². The predicted octanol–water partition coefficient (Wildman–Crippen LogP) is 2.51. The van der Waals surface area contributed by atoms with Gasteiger partial charge in [0.1, 0.15) is 5.58 Å². The molecule has 0 radical (unpaired) electrons. The molecular weight excluding hydrogens is 328 g/mol. The summed E-state index contributed by atoms with van der Waals surface area (Å²) in [5, 5.41) is 0.886. The van der Waals surface area contributed by atoms with Crippen LogP contribution in [-0.4, -0.2) is 16.8 Å². The SMILES string of the molecule is Cc1ccc2c(CN3Cc4ccccc4C[C@H]3C(N)=O)cc(=O)oc2c1. The molecule has 0 unspecified atom stereocenters. The standard InChI is InChI=1S/C21H20N2O3/c1-13-6-7-17-16(10-20(24)26-19(17)8-13)12-23-11-15-5-3-2-4-14(15)9-18(23)21(22)25/h2-8,10,18H,9,11-12H2,1H3,(H2,22,25)/t18-/m0/s1. The number of nitrogens with zero attached hydrogens (tertiary/aromatic N) is 1. The molecule has 0 spiro atoms. The Morgan fingerprint density at radius 1 is 1.19 bits per heavy atom. The number of rotatable bonds is 3. The van der Waals surface area contributed by atoms with Gasteiger partial charge in [-0.25, -0.2) is 4.79 Å². The van der Waals surface area contributed by atoms with Crippen LogP contribution < -0.4 is 11.4 Å². The van der Waals surface area contributed by atoms with Gasteiger partial charge in [-0.3, -0.25) is 9.69 Å². The molecule has 2 N–H and O–H groups in total. The number of nitrogens with two attached hydrogens (primary N) is 1. The Labute approximate surface area is 151 Å². The molecule has 5 heteroatoms. The average Bonchev–Trinajstić information content (AvgIpc) is 2.60. The Hall–Kier alpha value is -2.92. The lowest BCUT2D eigenvalue weighted by atomic mass is 9.93. The lowest BCUT2D eigenvalue weighted by Crippen LogP contribution is -2.48. The average molecular weight is 348 g/mol. The van der Waals surface area contributed by atoms with Gasteiger partial charge in [0.2, 0.25) is 5.91 Å². The van der Waals surface area contributed by atoms with E-state index in [0.717, 1.165) is 22.1 Å². The van der Waals surface area contributed by atoms with E-state index in [1.54, 1.807) is 0 Å². The summed E-state index contributed by atoms with van der Waals surface area (Å²) in [5.41, 5.74) is 10.1. The molecule has 1 aliphatic rings. The van der Waals surface area contributed by atoms with Gasteiger partial charge in [-0.1, -0.05) is 36.4 Å². The molecule has 4 rings (SSSR count). The van der Waals surface area contributed by atoms with Gasteiger partial charge < -0.3 is 10.2 Å². The van der Waals surface area contributed by atoms with Gasteiger partial charge in [-0.2, -0.15) is 0 Å². The molecule has 1 atom stereocenters. The molecule has 2 heterocycles. The van der Waals surface area contributed by atoms with E-state index in [0.29, 0.717) is 25.1 Å². The first kappa shape index (κ1) is 16.5. The van der Waals surface area contributed by atoms with Crippen LogP contribution in [0.3, 0.4) is 0 Å². The van der Waals surface area contributed by atoms with Crippen molar-refractivity contribution in [3.05, 3.63) is 81.2 Å². The molecule has 0 saturated carbocycles. The number of benzene rings is 2. The molecule has 1 amide bonds. The van der Waals surface area contributed by atoms with Crippen molar-refractivity contribution in [2.45, 2.75) is 32.5 Å². The first-order chi connectivity index (χ1) is 12.5. The van der Waals surface area contributed by atoms with Crippen molar-refractivity contribution < 1.29 is 9.21 Å². The Morgan fingerprint density at radius 3 is 2.73 bits per heavy atom. The van der Waals surface area contributed by atoms with E-state index in [-0.39, 0.29) is 11.5 Å². The van der Waals surface area contributed by atoms with Crippen LogP contribution in [0.5, 0.6) is 0 Å². The minimum atomic E-state index is -0.391. The maximum Gasteiger partial charge on any atom is 0.336 e. The van der Waals surface area contributed by atoms with Crippen LogP contribution in [0, 0.1) is 6.92 Å². The van der Waals surface area contributed by atoms with Crippen LogP contribution >= 0.6 is 0 Å². The number of fused-ring (bicyclic) bond motifs is 2. The van der Waals surface area contributed by atoms with Gasteiger partial charge in [-0.05, 0) is 41.7 Å². The smallest absolute Gasteiger partial charge is 0.336 e. The maximum absolute atomic E-state index is 12.0. The minimum absolute atomic E-state index is 0.345. The molecule has 132 valence electrons. The number of carbonyl (C=O) groups excluding carboxylic acids is 1. The Kier molecular flexibility index (Phi) is 4.09. The molecule has 26 heavy (non-hydrogen) atoms. The lowest BCUT2D eigenvalue weighted by molar-refractivity contribution is -0.124. The summed E-state index contributed by atoms with van der Waals surface area (Å²) >= 11 is 0. The van der Waals surface area contributed by atoms with Gasteiger partial charge in [0.25, 0.3) is 0 Å². The highest BCUT2D eigenvalue weighted by atomic mass is 16.4. The number of amides is 1. The third kappa shape index (κ3) is 3.02. The Balaban J connectivity index is 1.75. The molecule has 1 aromatic heterocycles. The molecule has 2 aromatic carbocycles. The zero-order valence-corrected chi connectivity index (χ0v) is 14.6. The van der Waals surface area contributed by atoms with Crippen molar-refractivity contribution in [1.82, 2.24) is 4.90 Å². The van der Waals surface area contributed by atoms with E-state index in [2.05, 4.69) is 6.07 Å². The third-order valence-corrected chi connectivity index (χ3v) is 5.03. The Morgan fingerprint density at radius 2 is 1.96 bits per heavy atom. The summed E-state index contributed by atoms with van der Waals surface area (Å²) in [5.74, 6) is -0.345. The number of aryl methyl sites for hydroxylation is 1. The summed E-state index contributed by atoms with van der Waals surface area (Å²) < 4.78 is 5.34. The maximum atomic E-state index is 12.0. The Bertz CT molecular complexity index is 1050. The predicted molar refractivity (Wildman–Crippen MR) is 99.6 cm³/mol. The van der Waals surface area contributed by atoms with Gasteiger partial charge in [0, 0.05) is 24.5 Å². The number of primary amides is 1. The normalized spacial score (nSPS) is 17.2. The summed E-state index contributed by atoms with van der Waals surface area (Å²) in [6.07, 6.45) is 0.587. The van der Waals surface area contributed by atoms with Gasteiger partial charge in [-0.15, -0.1) is 0 Å². The van der Waals surface area contributed by atoms with Crippen molar-refractivity contribution in [2.75, 3.05) is 0 Å². The van der Waals surface area contributed by atoms with Crippen molar-refractivity contribution in [3.63, 3.8) is 0 Å². The van der Waals surface area contributed by atoms with Crippen molar-refractivity contribution in [3.8, 4) is 0 Å². The molecule has 0 saturated heterocycles. The topological polar surface area (TPSA) is 76.5 Å². The first-order valence-electron chi connectivity index (χ1n) is 8.65. The fourth-order valence-corrected chi connectivity index (χ4v) is 3.71. The van der Waals surface area contributed by atoms with Crippen molar-refractivity contribution >= 4 is 16.9 Å². The van der Waals surface area contributed by atoms with E-state index >= 15 is 0 Å². The zero-order chi connectivity index (χ0) is 18.3. The lowest BCUT2D eigenvalue weighted by Gasteiger charge is -2.35. The van der Waals surface area contributed by atoms with Crippen LogP contribution in [0.4, 0.5) is 0 Å². The van der Waals surface area contributed by atoms with Crippen molar-refractivity contribution in [1.29, 1.82) is 0 Å². The van der Waals surface area contributed by atoms with E-state index < -0.39 is 6.04 Å². The van der Waals surface area contributed by atoms with Gasteiger partial charge in [0.05, 0.1) is 6.04 Å². The summed E-state index contributed by atoms with van der Waals surface area (Å²) in [6, 6.07) is 15.0. The number of carbonyl (C=O) groups is 1. The summed E-state index contributed by atoms with van der Waals surface area (Å²) in [7, 11) is 0. The molecular formula is C21H20N2O3. The summed E-state index contributed by atoms with van der Waals surface area (Å²) in [4.78, 5) is 26.1. The molecule has 3 aromatic rings. The quantitative estimate of drug-likeness (QED) is 0.738. The van der Waals surface area contributed by atoms with Gasteiger partial charge >= 0.3 is 5.63 Å². The second-order valence-electron chi connectivity index (χ2n) is 6.89. The molecule has 1 aliphatic heterocycles. The van der Waals surface area contributed by atoms with E-state index in [1.807, 2.05) is 48.2 Å². The fraction of sp³-hybridized carbons (Fsp3) is 0.238. The molecule has 5 nitrogen and oxygen atoms in total. The van der Waals surface area contributed by atoms with Crippen LogP contribution in [0.25, 0.3) is 11.0 Å². The van der Waals surface area contributed by atoms with Crippen LogP contribution in [0.1, 0.15) is 22.3 Å². The van der Waals surface area contributed by atoms with Crippen LogP contribution in [0.15, 0.2) is 57.7 Å². The minimum Gasteiger partial charge on any atom is -0.423 e. The van der Waals surface area contributed by atoms with E-state index in [9.17, 15) is 9.59 Å².